The molecule has 0 saturated carbocycles. The molecule has 132 valence electrons. The third-order valence-electron chi connectivity index (χ3n) is 4.03. The van der Waals surface area contributed by atoms with E-state index in [0.29, 0.717) is 18.0 Å². The van der Waals surface area contributed by atoms with E-state index in [4.69, 9.17) is 4.74 Å². The first kappa shape index (κ1) is 17.5. The fourth-order valence-electron chi connectivity index (χ4n) is 2.74. The molecule has 2 aromatic rings. The molecule has 25 heavy (non-hydrogen) atoms. The third kappa shape index (κ3) is 3.69. The van der Waals surface area contributed by atoms with Crippen LogP contribution in [0.4, 0.5) is 0 Å². The van der Waals surface area contributed by atoms with Gasteiger partial charge in [0.2, 0.25) is 11.8 Å². The molecule has 1 aliphatic rings. The molecule has 0 bridgehead atoms. The molecule has 0 spiro atoms. The number of carbonyl (C=O) groups is 3. The molecule has 1 aromatic heterocycles. The van der Waals surface area contributed by atoms with Crippen LogP contribution in [0.1, 0.15) is 18.4 Å². The van der Waals surface area contributed by atoms with Crippen molar-refractivity contribution >= 4 is 39.3 Å². The largest absolute Gasteiger partial charge is 0.383 e. The van der Waals surface area contributed by atoms with Crippen molar-refractivity contribution in [1.82, 2.24) is 9.47 Å². The fourth-order valence-corrected chi connectivity index (χ4v) is 3.91. The Labute approximate surface area is 148 Å². The van der Waals surface area contributed by atoms with E-state index in [1.165, 1.54) is 11.3 Å². The molecular weight excluding hydrogens is 342 g/mol. The molecule has 2 heterocycles. The number of hydrogen-bond acceptors (Lipinski definition) is 5. The summed E-state index contributed by atoms with van der Waals surface area (Å²) >= 11 is 1.41. The van der Waals surface area contributed by atoms with Gasteiger partial charge in [0.25, 0.3) is 5.91 Å². The zero-order valence-corrected chi connectivity index (χ0v) is 15.0. The van der Waals surface area contributed by atoms with Gasteiger partial charge in [0.15, 0.2) is 4.80 Å². The van der Waals surface area contributed by atoms with Gasteiger partial charge in [-0.3, -0.25) is 19.3 Å². The number of hydrogen-bond donors (Lipinski definition) is 0. The molecule has 8 heteroatoms. The lowest BCUT2D eigenvalue weighted by atomic mass is 10.2. The first-order valence-corrected chi connectivity index (χ1v) is 8.81. The summed E-state index contributed by atoms with van der Waals surface area (Å²) < 4.78 is 8.09. The van der Waals surface area contributed by atoms with Crippen molar-refractivity contribution in [2.75, 3.05) is 20.3 Å². The number of fused-ring (bicyclic) bond motifs is 1. The molecule has 0 aliphatic carbocycles. The van der Waals surface area contributed by atoms with Crippen LogP contribution >= 0.6 is 11.3 Å². The Hall–Kier alpha value is -2.32. The highest BCUT2D eigenvalue weighted by atomic mass is 32.1. The predicted octanol–water partition coefficient (Wildman–Crippen LogP) is 1.23. The van der Waals surface area contributed by atoms with Crippen LogP contribution in [0, 0.1) is 6.92 Å². The molecule has 7 nitrogen and oxygen atoms in total. The zero-order chi connectivity index (χ0) is 18.0. The second-order valence-corrected chi connectivity index (χ2v) is 6.89. The number of carbonyl (C=O) groups excluding carboxylic acids is 3. The maximum atomic E-state index is 12.3. The Bertz CT molecular complexity index is 896. The SMILES string of the molecule is COCCn1c(=NC(=O)CN2C(=O)CCC2=O)sc2cc(C)ccc21. The van der Waals surface area contributed by atoms with Gasteiger partial charge < -0.3 is 9.30 Å². The van der Waals surface area contributed by atoms with Crippen molar-refractivity contribution in [3.63, 3.8) is 0 Å². The molecule has 0 unspecified atom stereocenters. The van der Waals surface area contributed by atoms with Gasteiger partial charge in [-0.15, -0.1) is 0 Å². The van der Waals surface area contributed by atoms with Crippen LogP contribution in [-0.2, 0) is 25.7 Å². The van der Waals surface area contributed by atoms with Gasteiger partial charge in [0.1, 0.15) is 6.54 Å². The van der Waals surface area contributed by atoms with E-state index in [1.807, 2.05) is 29.7 Å². The van der Waals surface area contributed by atoms with Crippen molar-refractivity contribution in [2.24, 2.45) is 4.99 Å². The Morgan fingerprint density at radius 3 is 2.68 bits per heavy atom. The normalized spacial score (nSPS) is 15.6. The van der Waals surface area contributed by atoms with Crippen LogP contribution in [-0.4, -0.2) is 47.4 Å². The van der Waals surface area contributed by atoms with Crippen LogP contribution in [0.25, 0.3) is 10.2 Å². The monoisotopic (exact) mass is 361 g/mol. The van der Waals surface area contributed by atoms with E-state index in [1.54, 1.807) is 7.11 Å². The van der Waals surface area contributed by atoms with Gasteiger partial charge in [-0.05, 0) is 24.6 Å². The average Bonchev–Trinajstić information content (AvgIpc) is 3.06. The highest BCUT2D eigenvalue weighted by Gasteiger charge is 2.30. The van der Waals surface area contributed by atoms with Crippen LogP contribution in [0.3, 0.4) is 0 Å². The Kier molecular flexibility index (Phi) is 5.10. The second-order valence-electron chi connectivity index (χ2n) is 5.88. The molecule has 1 fully saturated rings. The van der Waals surface area contributed by atoms with Crippen molar-refractivity contribution in [1.29, 1.82) is 0 Å². The van der Waals surface area contributed by atoms with Crippen molar-refractivity contribution < 1.29 is 19.1 Å². The number of benzene rings is 1. The van der Waals surface area contributed by atoms with Crippen LogP contribution in [0.15, 0.2) is 23.2 Å². The maximum Gasteiger partial charge on any atom is 0.268 e. The summed E-state index contributed by atoms with van der Waals surface area (Å²) in [5.41, 5.74) is 2.10. The molecular formula is C17H19N3O4S. The van der Waals surface area contributed by atoms with Gasteiger partial charge in [-0.1, -0.05) is 17.4 Å². The van der Waals surface area contributed by atoms with E-state index in [2.05, 4.69) is 4.99 Å². The molecule has 3 amide bonds. The maximum absolute atomic E-state index is 12.3. The smallest absolute Gasteiger partial charge is 0.268 e. The van der Waals surface area contributed by atoms with E-state index in [9.17, 15) is 14.4 Å². The number of aromatic nitrogens is 1. The minimum absolute atomic E-state index is 0.169. The van der Waals surface area contributed by atoms with Crippen molar-refractivity contribution in [2.45, 2.75) is 26.3 Å². The predicted molar refractivity (Wildman–Crippen MR) is 93.0 cm³/mol. The highest BCUT2D eigenvalue weighted by molar-refractivity contribution is 7.16. The Balaban J connectivity index is 1.95. The van der Waals surface area contributed by atoms with Crippen molar-refractivity contribution in [3.05, 3.63) is 28.6 Å². The summed E-state index contributed by atoms with van der Waals surface area (Å²) in [6.45, 7) is 2.76. The van der Waals surface area contributed by atoms with E-state index in [-0.39, 0.29) is 31.2 Å². The average molecular weight is 361 g/mol. The first-order chi connectivity index (χ1) is 12.0. The lowest BCUT2D eigenvalue weighted by Crippen LogP contribution is -2.34. The van der Waals surface area contributed by atoms with E-state index in [0.717, 1.165) is 20.7 Å². The molecule has 0 radical (unpaired) electrons. The highest BCUT2D eigenvalue weighted by Crippen LogP contribution is 2.19. The molecule has 0 N–H and O–H groups in total. The van der Waals surface area contributed by atoms with Crippen LogP contribution in [0.2, 0.25) is 0 Å². The van der Waals surface area contributed by atoms with Gasteiger partial charge in [-0.25, -0.2) is 0 Å². The minimum Gasteiger partial charge on any atom is -0.383 e. The topological polar surface area (TPSA) is 81.0 Å². The fraction of sp³-hybridized carbons (Fsp3) is 0.412. The van der Waals surface area contributed by atoms with Gasteiger partial charge >= 0.3 is 0 Å². The number of likely N-dealkylation sites (tertiary alicyclic amines) is 1. The molecule has 3 rings (SSSR count). The number of aryl methyl sites for hydroxylation is 1. The number of ether oxygens (including phenoxy) is 1. The molecule has 1 aliphatic heterocycles. The summed E-state index contributed by atoms with van der Waals surface area (Å²) in [5.74, 6) is -1.13. The standard InChI is InChI=1S/C17H19N3O4S/c1-11-3-4-12-13(9-11)25-17(19(12)7-8-24-2)18-14(21)10-20-15(22)5-6-16(20)23/h3-4,9H,5-8,10H2,1-2H3. The van der Waals surface area contributed by atoms with Crippen molar-refractivity contribution in [3.8, 4) is 0 Å². The molecule has 1 saturated heterocycles. The zero-order valence-electron chi connectivity index (χ0n) is 14.2. The van der Waals surface area contributed by atoms with Gasteiger partial charge in [0, 0.05) is 26.5 Å². The van der Waals surface area contributed by atoms with Crippen LogP contribution < -0.4 is 4.80 Å². The summed E-state index contributed by atoms with van der Waals surface area (Å²) in [4.78, 5) is 41.3. The number of rotatable bonds is 5. The lowest BCUT2D eigenvalue weighted by Gasteiger charge is -2.10. The molecule has 0 atom stereocenters. The lowest BCUT2D eigenvalue weighted by molar-refractivity contribution is -0.141. The third-order valence-corrected chi connectivity index (χ3v) is 5.07. The van der Waals surface area contributed by atoms with Gasteiger partial charge in [0.05, 0.1) is 16.8 Å². The Morgan fingerprint density at radius 1 is 1.28 bits per heavy atom. The number of nitrogens with zero attached hydrogens (tertiary/aromatic N) is 3. The number of methoxy groups -OCH3 is 1. The number of amides is 3. The van der Waals surface area contributed by atoms with Gasteiger partial charge in [-0.2, -0.15) is 4.99 Å². The van der Waals surface area contributed by atoms with E-state index >= 15 is 0 Å². The summed E-state index contributed by atoms with van der Waals surface area (Å²) in [6, 6.07) is 6.04. The quantitative estimate of drug-likeness (QED) is 0.750. The summed E-state index contributed by atoms with van der Waals surface area (Å²) in [6.07, 6.45) is 0.338. The van der Waals surface area contributed by atoms with E-state index < -0.39 is 5.91 Å². The number of imide groups is 1. The minimum atomic E-state index is -0.502. The molecule has 1 aromatic carbocycles. The summed E-state index contributed by atoms with van der Waals surface area (Å²) in [5, 5.41) is 0. The summed E-state index contributed by atoms with van der Waals surface area (Å²) in [7, 11) is 1.62. The number of thiazole rings is 1. The van der Waals surface area contributed by atoms with Crippen LogP contribution in [0.5, 0.6) is 0 Å². The Morgan fingerprint density at radius 2 is 2.00 bits per heavy atom. The second kappa shape index (κ2) is 7.28. The first-order valence-electron chi connectivity index (χ1n) is 7.99.